The fraction of sp³-hybridized carbons (Fsp3) is 0.645. The van der Waals surface area contributed by atoms with Crippen LogP contribution in [0.2, 0.25) is 18.1 Å². The Morgan fingerprint density at radius 2 is 1.89 bits per heavy atom. The summed E-state index contributed by atoms with van der Waals surface area (Å²) in [6, 6.07) is 10.2. The molecule has 1 aliphatic heterocycles. The van der Waals surface area contributed by atoms with Gasteiger partial charge in [0, 0.05) is 19.8 Å². The van der Waals surface area contributed by atoms with E-state index in [4.69, 9.17) is 18.6 Å². The first-order valence-corrected chi connectivity index (χ1v) is 16.8. The van der Waals surface area contributed by atoms with Crippen molar-refractivity contribution in [3.05, 3.63) is 59.2 Å². The second-order valence-corrected chi connectivity index (χ2v) is 17.1. The summed E-state index contributed by atoms with van der Waals surface area (Å²) in [5, 5.41) is 0.0935. The Labute approximate surface area is 225 Å². The highest BCUT2D eigenvalue weighted by Gasteiger charge is 2.55. The summed E-state index contributed by atoms with van der Waals surface area (Å²) in [7, 11) is -2.04. The fourth-order valence-corrected chi connectivity index (χ4v) is 5.89. The smallest absolute Gasteiger partial charge is 0.303 e. The zero-order chi connectivity index (χ0) is 27.3. The van der Waals surface area contributed by atoms with Gasteiger partial charge in [-0.2, -0.15) is 0 Å². The second-order valence-electron chi connectivity index (χ2n) is 12.3. The van der Waals surface area contributed by atoms with Crippen molar-refractivity contribution in [3.63, 3.8) is 0 Å². The lowest BCUT2D eigenvalue weighted by molar-refractivity contribution is -0.144. The highest BCUT2D eigenvalue weighted by Crippen LogP contribution is 2.44. The lowest BCUT2D eigenvalue weighted by Crippen LogP contribution is -2.44. The molecule has 1 saturated heterocycles. The Kier molecular flexibility index (Phi) is 10.0. The van der Waals surface area contributed by atoms with Crippen molar-refractivity contribution in [1.82, 2.24) is 0 Å². The third-order valence-corrected chi connectivity index (χ3v) is 12.6. The van der Waals surface area contributed by atoms with Gasteiger partial charge in [0.15, 0.2) is 14.1 Å². The Morgan fingerprint density at radius 3 is 2.49 bits per heavy atom. The first kappa shape index (κ1) is 29.8. The number of epoxide rings is 1. The standard InChI is InChI=1S/C31H48O5Si/c1-23(19-20-27(34-24(2)32)26-17-13-10-14-18-26)28(36-37(7,8)30(3,4)5)21-29-31(6,35-29)33-22-25-15-11-9-12-16-25/h9,11-12,15-17,19,27-29H,10,13-14,18,20-22H2,1-8H3/b23-19+/t27-,28+,29+,31-/m0/s1. The van der Waals surface area contributed by atoms with Crippen LogP contribution in [0.25, 0.3) is 0 Å². The van der Waals surface area contributed by atoms with Crippen molar-refractivity contribution in [2.45, 2.75) is 129 Å². The molecule has 206 valence electrons. The van der Waals surface area contributed by atoms with Crippen LogP contribution in [-0.4, -0.2) is 38.4 Å². The maximum atomic E-state index is 11.8. The summed E-state index contributed by atoms with van der Waals surface area (Å²) < 4.78 is 25.0. The Hall–Kier alpha value is -1.73. The largest absolute Gasteiger partial charge is 0.458 e. The van der Waals surface area contributed by atoms with Gasteiger partial charge in [0.25, 0.3) is 0 Å². The minimum atomic E-state index is -2.04. The molecule has 0 amide bonds. The molecule has 1 aromatic rings. The van der Waals surface area contributed by atoms with Gasteiger partial charge in [-0.15, -0.1) is 0 Å². The van der Waals surface area contributed by atoms with E-state index in [0.717, 1.165) is 31.2 Å². The summed E-state index contributed by atoms with van der Waals surface area (Å²) in [6.07, 6.45) is 10.0. The van der Waals surface area contributed by atoms with Gasteiger partial charge in [0.2, 0.25) is 0 Å². The van der Waals surface area contributed by atoms with Gasteiger partial charge >= 0.3 is 5.97 Å². The number of rotatable bonds is 12. The van der Waals surface area contributed by atoms with Crippen molar-refractivity contribution in [1.29, 1.82) is 0 Å². The van der Waals surface area contributed by atoms with Gasteiger partial charge in [-0.1, -0.05) is 63.3 Å². The monoisotopic (exact) mass is 528 g/mol. The van der Waals surface area contributed by atoms with Gasteiger partial charge < -0.3 is 18.6 Å². The number of ether oxygens (including phenoxy) is 3. The van der Waals surface area contributed by atoms with E-state index in [2.05, 4.69) is 65.1 Å². The maximum Gasteiger partial charge on any atom is 0.303 e. The van der Waals surface area contributed by atoms with Gasteiger partial charge in [-0.25, -0.2) is 0 Å². The van der Waals surface area contributed by atoms with E-state index in [9.17, 15) is 4.79 Å². The number of esters is 1. The lowest BCUT2D eigenvalue weighted by Gasteiger charge is -2.39. The highest BCUT2D eigenvalue weighted by molar-refractivity contribution is 6.74. The summed E-state index contributed by atoms with van der Waals surface area (Å²) in [5.41, 5.74) is 3.55. The van der Waals surface area contributed by atoms with Crippen molar-refractivity contribution in [2.24, 2.45) is 0 Å². The van der Waals surface area contributed by atoms with Crippen LogP contribution in [-0.2, 0) is 30.0 Å². The molecule has 1 fully saturated rings. The maximum absolute atomic E-state index is 11.8. The van der Waals surface area contributed by atoms with Crippen LogP contribution in [0.3, 0.4) is 0 Å². The quantitative estimate of drug-likeness (QED) is 0.120. The van der Waals surface area contributed by atoms with Crippen LogP contribution in [0, 0.1) is 0 Å². The fourth-order valence-electron chi connectivity index (χ4n) is 4.55. The van der Waals surface area contributed by atoms with Crippen molar-refractivity contribution in [3.8, 4) is 0 Å². The molecule has 2 aliphatic rings. The molecule has 0 bridgehead atoms. The second kappa shape index (κ2) is 12.4. The predicted octanol–water partition coefficient (Wildman–Crippen LogP) is 7.87. The van der Waals surface area contributed by atoms with Crippen LogP contribution in [0.1, 0.15) is 85.6 Å². The van der Waals surface area contributed by atoms with Gasteiger partial charge in [-0.3, -0.25) is 4.79 Å². The molecular formula is C31H48O5Si. The average Bonchev–Trinajstić information content (AvgIpc) is 3.49. The number of benzene rings is 1. The van der Waals surface area contributed by atoms with Crippen molar-refractivity contribution >= 4 is 14.3 Å². The van der Waals surface area contributed by atoms with Crippen LogP contribution in [0.15, 0.2) is 53.6 Å². The minimum Gasteiger partial charge on any atom is -0.458 e. The molecular weight excluding hydrogens is 480 g/mol. The number of carbonyl (C=O) groups excluding carboxylic acids is 1. The third kappa shape index (κ3) is 8.64. The molecule has 1 aromatic carbocycles. The first-order chi connectivity index (χ1) is 17.3. The summed E-state index contributed by atoms with van der Waals surface area (Å²) in [5.74, 6) is -0.826. The molecule has 0 spiro atoms. The molecule has 0 saturated carbocycles. The molecule has 0 N–H and O–H groups in total. The van der Waals surface area contributed by atoms with Gasteiger partial charge in [0.1, 0.15) is 12.2 Å². The van der Waals surface area contributed by atoms with Crippen LogP contribution >= 0.6 is 0 Å². The molecule has 6 heteroatoms. The third-order valence-electron chi connectivity index (χ3n) is 8.15. The number of hydrogen-bond acceptors (Lipinski definition) is 5. The van der Waals surface area contributed by atoms with E-state index < -0.39 is 14.1 Å². The van der Waals surface area contributed by atoms with Crippen LogP contribution in [0.4, 0.5) is 0 Å². The molecule has 1 heterocycles. The molecule has 5 nitrogen and oxygen atoms in total. The lowest BCUT2D eigenvalue weighted by atomic mass is 9.93. The molecule has 4 atom stereocenters. The Balaban J connectivity index is 1.72. The summed E-state index contributed by atoms with van der Waals surface area (Å²) in [4.78, 5) is 11.8. The molecule has 37 heavy (non-hydrogen) atoms. The highest BCUT2D eigenvalue weighted by atomic mass is 28.4. The van der Waals surface area contributed by atoms with E-state index in [1.807, 2.05) is 25.1 Å². The topological polar surface area (TPSA) is 57.3 Å². The zero-order valence-corrected chi connectivity index (χ0v) is 25.3. The molecule has 0 aromatic heterocycles. The zero-order valence-electron chi connectivity index (χ0n) is 24.3. The summed E-state index contributed by atoms with van der Waals surface area (Å²) in [6.45, 7) is 17.6. The molecule has 0 radical (unpaired) electrons. The van der Waals surface area contributed by atoms with Crippen LogP contribution in [0.5, 0.6) is 0 Å². The van der Waals surface area contributed by atoms with E-state index in [-0.39, 0.29) is 29.3 Å². The first-order valence-electron chi connectivity index (χ1n) is 13.9. The van der Waals surface area contributed by atoms with Crippen molar-refractivity contribution in [2.75, 3.05) is 0 Å². The van der Waals surface area contributed by atoms with Crippen LogP contribution < -0.4 is 0 Å². The van der Waals surface area contributed by atoms with Gasteiger partial charge in [0.05, 0.1) is 12.7 Å². The van der Waals surface area contributed by atoms with E-state index in [0.29, 0.717) is 13.0 Å². The number of allylic oxidation sites excluding steroid dienone is 1. The van der Waals surface area contributed by atoms with Crippen molar-refractivity contribution < 1.29 is 23.4 Å². The Morgan fingerprint density at radius 1 is 1.19 bits per heavy atom. The van der Waals surface area contributed by atoms with E-state index in [1.165, 1.54) is 24.5 Å². The SMILES string of the molecule is CC(=O)O[C@@H](C/C=C(\C)[C@@H](C[C@H]1O[C@]1(C)OCc1ccccc1)O[Si](C)(C)C(C)(C)C)C1=CCCCC1. The normalized spacial score (nSPS) is 24.3. The van der Waals surface area contributed by atoms with E-state index in [1.54, 1.807) is 0 Å². The predicted molar refractivity (Wildman–Crippen MR) is 152 cm³/mol. The molecule has 3 rings (SSSR count). The molecule has 0 unspecified atom stereocenters. The number of carbonyl (C=O) groups is 1. The Bertz CT molecular complexity index is 962. The average molecular weight is 529 g/mol. The van der Waals surface area contributed by atoms with Gasteiger partial charge in [-0.05, 0) is 74.4 Å². The minimum absolute atomic E-state index is 0.0281. The molecule has 1 aliphatic carbocycles. The van der Waals surface area contributed by atoms with E-state index >= 15 is 0 Å². The summed E-state index contributed by atoms with van der Waals surface area (Å²) >= 11 is 0. The number of hydrogen-bond donors (Lipinski definition) is 0.